The molecule has 1 saturated carbocycles. The van der Waals surface area contributed by atoms with E-state index in [1.807, 2.05) is 49.3 Å². The van der Waals surface area contributed by atoms with Gasteiger partial charge in [-0.05, 0) is 61.9 Å². The first-order chi connectivity index (χ1) is 20.3. The van der Waals surface area contributed by atoms with Crippen molar-refractivity contribution in [2.45, 2.75) is 36.6 Å². The lowest BCUT2D eigenvalue weighted by Gasteiger charge is -2.29. The van der Waals surface area contributed by atoms with Crippen molar-refractivity contribution < 1.29 is 13.2 Å². The molecule has 6 rings (SSSR count). The lowest BCUT2D eigenvalue weighted by Crippen LogP contribution is -2.34. The highest BCUT2D eigenvalue weighted by Crippen LogP contribution is 2.29. The Labute approximate surface area is 245 Å². The van der Waals surface area contributed by atoms with E-state index in [4.69, 9.17) is 9.97 Å². The molecule has 1 aliphatic rings. The molecule has 1 fully saturated rings. The lowest BCUT2D eigenvalue weighted by atomic mass is 9.86. The molecule has 0 unspecified atom stereocenters. The maximum atomic E-state index is 13.4. The topological polar surface area (TPSA) is 109 Å². The minimum Gasteiger partial charge on any atom is -0.362 e. The molecule has 9 nitrogen and oxygen atoms in total. The summed E-state index contributed by atoms with van der Waals surface area (Å²) >= 11 is 0. The third-order valence-corrected chi connectivity index (χ3v) is 9.65. The normalized spacial score (nSPS) is 17.3. The van der Waals surface area contributed by atoms with Crippen molar-refractivity contribution in [1.29, 1.82) is 0 Å². The van der Waals surface area contributed by atoms with Gasteiger partial charge < -0.3 is 15.5 Å². The van der Waals surface area contributed by atoms with Crippen LogP contribution in [0.15, 0.2) is 90.0 Å². The molecule has 1 amide bonds. The van der Waals surface area contributed by atoms with E-state index in [1.165, 1.54) is 10.2 Å². The molecule has 0 bridgehead atoms. The van der Waals surface area contributed by atoms with E-state index in [1.54, 1.807) is 48.5 Å². The maximum Gasteiger partial charge on any atom is 0.268 e. The van der Waals surface area contributed by atoms with Gasteiger partial charge in [-0.3, -0.25) is 4.79 Å². The summed E-state index contributed by atoms with van der Waals surface area (Å²) in [6.45, 7) is 0.535. The van der Waals surface area contributed by atoms with Crippen LogP contribution in [0.25, 0.3) is 21.8 Å². The molecule has 0 atom stereocenters. The average Bonchev–Trinajstić information content (AvgIpc) is 3.41. The Balaban J connectivity index is 1.10. The molecule has 0 aliphatic heterocycles. The summed E-state index contributed by atoms with van der Waals surface area (Å²) in [5.74, 6) is 1.59. The number of nitrogens with one attached hydrogen (secondary N) is 2. The van der Waals surface area contributed by atoms with Gasteiger partial charge in [-0.15, -0.1) is 0 Å². The van der Waals surface area contributed by atoms with Crippen molar-refractivity contribution in [3.05, 3.63) is 90.6 Å². The monoisotopic (exact) mass is 582 g/mol. The van der Waals surface area contributed by atoms with E-state index in [-0.39, 0.29) is 16.8 Å². The second-order valence-electron chi connectivity index (χ2n) is 11.0. The summed E-state index contributed by atoms with van der Waals surface area (Å²) < 4.78 is 28.0. The van der Waals surface area contributed by atoms with Gasteiger partial charge in [-0.1, -0.05) is 48.5 Å². The van der Waals surface area contributed by atoms with Crippen LogP contribution >= 0.6 is 0 Å². The number of nitrogens with zero attached hydrogens (tertiary/aromatic N) is 4. The van der Waals surface area contributed by atoms with Crippen molar-refractivity contribution in [2.75, 3.05) is 30.9 Å². The molecule has 0 radical (unpaired) electrons. The van der Waals surface area contributed by atoms with Crippen molar-refractivity contribution in [2.24, 2.45) is 5.92 Å². The van der Waals surface area contributed by atoms with Gasteiger partial charge in [-0.25, -0.2) is 17.4 Å². The third kappa shape index (κ3) is 5.42. The Morgan fingerprint density at radius 1 is 0.881 bits per heavy atom. The molecule has 0 spiro atoms. The molecular formula is C32H34N6O3S. The highest BCUT2D eigenvalue weighted by Gasteiger charge is 2.26. The zero-order valence-electron chi connectivity index (χ0n) is 23.7. The van der Waals surface area contributed by atoms with Crippen LogP contribution in [-0.4, -0.2) is 54.9 Å². The first-order valence-corrected chi connectivity index (χ1v) is 15.6. The summed E-state index contributed by atoms with van der Waals surface area (Å²) in [7, 11) is 0.120. The highest BCUT2D eigenvalue weighted by molar-refractivity contribution is 7.90. The SMILES string of the molecule is CN(C)c1nc(NC2CCC(CNC(=O)c3cn(S(=O)(=O)c4ccccc4)c4ccccc34)CC2)nc2ccccc12. The zero-order chi connectivity index (χ0) is 29.3. The highest BCUT2D eigenvalue weighted by atomic mass is 32.2. The summed E-state index contributed by atoms with van der Waals surface area (Å²) in [5, 5.41) is 8.23. The molecular weight excluding hydrogens is 548 g/mol. The number of benzene rings is 3. The van der Waals surface area contributed by atoms with Crippen molar-refractivity contribution in [3.8, 4) is 0 Å². The van der Waals surface area contributed by atoms with Crippen LogP contribution in [0.4, 0.5) is 11.8 Å². The predicted octanol–water partition coefficient (Wildman–Crippen LogP) is 5.29. The number of hydrogen-bond acceptors (Lipinski definition) is 7. The lowest BCUT2D eigenvalue weighted by molar-refractivity contribution is 0.0945. The van der Waals surface area contributed by atoms with Crippen LogP contribution < -0.4 is 15.5 Å². The Kier molecular flexibility index (Phi) is 7.55. The largest absolute Gasteiger partial charge is 0.362 e. The molecule has 0 saturated heterocycles. The fourth-order valence-electron chi connectivity index (χ4n) is 5.73. The summed E-state index contributed by atoms with van der Waals surface area (Å²) in [4.78, 5) is 25.0. The first kappa shape index (κ1) is 27.7. The van der Waals surface area contributed by atoms with E-state index >= 15 is 0 Å². The van der Waals surface area contributed by atoms with Crippen LogP contribution in [0, 0.1) is 5.92 Å². The van der Waals surface area contributed by atoms with Gasteiger partial charge in [0.1, 0.15) is 5.82 Å². The number of carbonyl (C=O) groups is 1. The van der Waals surface area contributed by atoms with E-state index in [9.17, 15) is 13.2 Å². The summed E-state index contributed by atoms with van der Waals surface area (Å²) in [6, 6.07) is 23.6. The Bertz CT molecular complexity index is 1840. The van der Waals surface area contributed by atoms with E-state index in [2.05, 4.69) is 10.6 Å². The van der Waals surface area contributed by atoms with Gasteiger partial charge >= 0.3 is 0 Å². The van der Waals surface area contributed by atoms with Gasteiger partial charge in [0, 0.05) is 43.7 Å². The van der Waals surface area contributed by atoms with Crippen LogP contribution in [0.1, 0.15) is 36.0 Å². The number of anilines is 2. The van der Waals surface area contributed by atoms with Crippen LogP contribution in [0.3, 0.4) is 0 Å². The van der Waals surface area contributed by atoms with Gasteiger partial charge in [0.25, 0.3) is 15.9 Å². The van der Waals surface area contributed by atoms with Crippen molar-refractivity contribution >= 4 is 49.5 Å². The van der Waals surface area contributed by atoms with E-state index in [0.717, 1.165) is 42.4 Å². The van der Waals surface area contributed by atoms with Crippen molar-refractivity contribution in [3.63, 3.8) is 0 Å². The van der Waals surface area contributed by atoms with Crippen LogP contribution in [0.5, 0.6) is 0 Å². The summed E-state index contributed by atoms with van der Waals surface area (Å²) in [6.07, 6.45) is 5.24. The summed E-state index contributed by atoms with van der Waals surface area (Å²) in [5.41, 5.74) is 1.74. The number of carbonyl (C=O) groups excluding carboxylic acids is 1. The average molecular weight is 583 g/mol. The number of aromatic nitrogens is 3. The maximum absolute atomic E-state index is 13.4. The second kappa shape index (κ2) is 11.4. The minimum absolute atomic E-state index is 0.176. The van der Waals surface area contributed by atoms with Gasteiger partial charge in [0.2, 0.25) is 5.95 Å². The molecule has 42 heavy (non-hydrogen) atoms. The molecule has 5 aromatic rings. The quantitative estimate of drug-likeness (QED) is 0.256. The Morgan fingerprint density at radius 2 is 1.55 bits per heavy atom. The molecule has 2 N–H and O–H groups in total. The third-order valence-electron chi connectivity index (χ3n) is 7.96. The Morgan fingerprint density at radius 3 is 2.29 bits per heavy atom. The van der Waals surface area contributed by atoms with Crippen molar-refractivity contribution in [1.82, 2.24) is 19.3 Å². The minimum atomic E-state index is -3.85. The van der Waals surface area contributed by atoms with Gasteiger partial charge in [-0.2, -0.15) is 4.98 Å². The Hall–Kier alpha value is -4.44. The fraction of sp³-hybridized carbons (Fsp3) is 0.281. The van der Waals surface area contributed by atoms with E-state index < -0.39 is 10.0 Å². The predicted molar refractivity (Wildman–Crippen MR) is 167 cm³/mol. The number of fused-ring (bicyclic) bond motifs is 2. The van der Waals surface area contributed by atoms with E-state index in [0.29, 0.717) is 34.9 Å². The molecule has 216 valence electrons. The first-order valence-electron chi connectivity index (χ1n) is 14.2. The number of rotatable bonds is 8. The number of hydrogen-bond donors (Lipinski definition) is 2. The van der Waals surface area contributed by atoms with Gasteiger partial charge in [0.15, 0.2) is 0 Å². The van der Waals surface area contributed by atoms with Crippen LogP contribution in [-0.2, 0) is 10.0 Å². The van der Waals surface area contributed by atoms with Crippen LogP contribution in [0.2, 0.25) is 0 Å². The zero-order valence-corrected chi connectivity index (χ0v) is 24.5. The molecule has 3 aromatic carbocycles. The fourth-order valence-corrected chi connectivity index (χ4v) is 7.12. The molecule has 2 aromatic heterocycles. The second-order valence-corrected chi connectivity index (χ2v) is 12.8. The van der Waals surface area contributed by atoms with Gasteiger partial charge in [0.05, 0.1) is 21.5 Å². The number of para-hydroxylation sites is 2. The molecule has 10 heteroatoms. The molecule has 2 heterocycles. The number of amides is 1. The standard InChI is InChI=1S/C32H34N6O3S/c1-37(2)30-26-13-6-8-14-28(26)35-32(36-30)34-23-18-16-22(17-19-23)20-33-31(39)27-21-38(29-15-9-7-12-25(27)29)42(40,41)24-10-4-3-5-11-24/h3-15,21-23H,16-20H2,1-2H3,(H,33,39)(H,34,35,36). The smallest absolute Gasteiger partial charge is 0.268 e. The molecule has 1 aliphatic carbocycles.